The van der Waals surface area contributed by atoms with Crippen molar-refractivity contribution in [3.63, 3.8) is 0 Å². The molecule has 130 valence electrons. The summed E-state index contributed by atoms with van der Waals surface area (Å²) >= 11 is 0. The molecule has 0 radical (unpaired) electrons. The molecule has 8 heteroatoms. The zero-order chi connectivity index (χ0) is 18.4. The highest BCUT2D eigenvalue weighted by Gasteiger charge is 2.41. The van der Waals surface area contributed by atoms with E-state index in [9.17, 15) is 21.6 Å². The predicted octanol–water partition coefficient (Wildman–Crippen LogP) is 3.63. The molecule has 1 aliphatic carbocycles. The van der Waals surface area contributed by atoms with Crippen molar-refractivity contribution in [2.75, 3.05) is 6.26 Å². The van der Waals surface area contributed by atoms with Crippen LogP contribution < -0.4 is 4.74 Å². The number of hydrogen-bond donors (Lipinski definition) is 0. The van der Waals surface area contributed by atoms with Crippen LogP contribution in [0.25, 0.3) is 0 Å². The molecular weight excluding hydrogens is 355 g/mol. The first-order chi connectivity index (χ1) is 11.6. The molecule has 0 unspecified atom stereocenters. The lowest BCUT2D eigenvalue weighted by Gasteiger charge is -2.13. The smallest absolute Gasteiger partial charge is 0.256 e. The fourth-order valence-electron chi connectivity index (χ4n) is 2.87. The van der Waals surface area contributed by atoms with Crippen LogP contribution in [0.5, 0.6) is 11.5 Å². The van der Waals surface area contributed by atoms with E-state index in [2.05, 4.69) is 0 Å². The molecule has 0 spiro atoms. The van der Waals surface area contributed by atoms with E-state index in [1.54, 1.807) is 6.07 Å². The molecule has 0 aromatic heterocycles. The maximum absolute atomic E-state index is 13.9. The minimum absolute atomic E-state index is 0.0157. The van der Waals surface area contributed by atoms with Gasteiger partial charge in [-0.1, -0.05) is 0 Å². The summed E-state index contributed by atoms with van der Waals surface area (Å²) in [6.45, 7) is 0. The van der Waals surface area contributed by atoms with E-state index in [0.29, 0.717) is 0 Å². The highest BCUT2D eigenvalue weighted by atomic mass is 32.2. The van der Waals surface area contributed by atoms with Crippen molar-refractivity contribution >= 4 is 9.84 Å². The second-order valence-electron chi connectivity index (χ2n) is 5.89. The molecule has 0 saturated carbocycles. The quantitative estimate of drug-likeness (QED) is 0.831. The molecule has 2 aromatic carbocycles. The highest BCUT2D eigenvalue weighted by Crippen LogP contribution is 2.43. The van der Waals surface area contributed by atoms with Crippen LogP contribution in [-0.4, -0.2) is 20.6 Å². The highest BCUT2D eigenvalue weighted by molar-refractivity contribution is 7.90. The topological polar surface area (TPSA) is 67.2 Å². The van der Waals surface area contributed by atoms with Gasteiger partial charge in [-0.25, -0.2) is 21.6 Å². The van der Waals surface area contributed by atoms with Crippen molar-refractivity contribution in [1.29, 1.82) is 5.26 Å². The van der Waals surface area contributed by atoms with Gasteiger partial charge in [0.05, 0.1) is 16.5 Å². The average Bonchev–Trinajstić information content (AvgIpc) is 2.80. The van der Waals surface area contributed by atoms with E-state index in [1.165, 1.54) is 18.2 Å². The number of sulfone groups is 1. The molecule has 0 amide bonds. The summed E-state index contributed by atoms with van der Waals surface area (Å²) in [6.07, 6.45) is -0.415. The molecular formula is C17H12F3NO3S. The normalized spacial score (nSPS) is 15.5. The van der Waals surface area contributed by atoms with Crippen LogP contribution in [0, 0.1) is 17.1 Å². The number of alkyl halides is 2. The Morgan fingerprint density at radius 2 is 1.84 bits per heavy atom. The third kappa shape index (κ3) is 3.46. The van der Waals surface area contributed by atoms with Gasteiger partial charge in [0, 0.05) is 30.7 Å². The molecule has 4 nitrogen and oxygen atoms in total. The van der Waals surface area contributed by atoms with Crippen LogP contribution in [0.3, 0.4) is 0 Å². The van der Waals surface area contributed by atoms with Crippen molar-refractivity contribution in [3.05, 3.63) is 52.8 Å². The Morgan fingerprint density at radius 3 is 2.48 bits per heavy atom. The van der Waals surface area contributed by atoms with Crippen LogP contribution in [0.1, 0.15) is 16.7 Å². The van der Waals surface area contributed by atoms with Crippen LogP contribution >= 0.6 is 0 Å². The van der Waals surface area contributed by atoms with Crippen molar-refractivity contribution < 1.29 is 26.3 Å². The summed E-state index contributed by atoms with van der Waals surface area (Å²) in [5, 5.41) is 8.86. The van der Waals surface area contributed by atoms with Gasteiger partial charge in [0.2, 0.25) is 0 Å². The minimum atomic E-state index is -3.68. The Bertz CT molecular complexity index is 1010. The zero-order valence-corrected chi connectivity index (χ0v) is 13.8. The van der Waals surface area contributed by atoms with Gasteiger partial charge in [-0.2, -0.15) is 5.26 Å². The SMILES string of the molecule is CS(=O)(=O)c1ccc(Oc2cc(F)cc(C#N)c2)c2c1CC(F)(F)C2. The maximum atomic E-state index is 13.9. The molecule has 0 saturated heterocycles. The lowest BCUT2D eigenvalue weighted by atomic mass is 10.1. The summed E-state index contributed by atoms with van der Waals surface area (Å²) in [5.41, 5.74) is 0.113. The summed E-state index contributed by atoms with van der Waals surface area (Å²) in [7, 11) is -3.68. The van der Waals surface area contributed by atoms with E-state index < -0.39 is 34.4 Å². The van der Waals surface area contributed by atoms with Crippen LogP contribution in [0.2, 0.25) is 0 Å². The fraction of sp³-hybridized carbons (Fsp3) is 0.235. The number of hydrogen-bond acceptors (Lipinski definition) is 4. The van der Waals surface area contributed by atoms with E-state index in [0.717, 1.165) is 18.4 Å². The maximum Gasteiger partial charge on any atom is 0.256 e. The van der Waals surface area contributed by atoms with E-state index in [4.69, 9.17) is 10.00 Å². The molecule has 0 heterocycles. The van der Waals surface area contributed by atoms with Crippen LogP contribution in [0.15, 0.2) is 35.2 Å². The van der Waals surface area contributed by atoms with Crippen molar-refractivity contribution in [3.8, 4) is 17.6 Å². The Hall–Kier alpha value is -2.53. The van der Waals surface area contributed by atoms with Gasteiger partial charge in [0.15, 0.2) is 9.84 Å². The number of nitriles is 1. The van der Waals surface area contributed by atoms with Crippen molar-refractivity contribution in [1.82, 2.24) is 0 Å². The average molecular weight is 367 g/mol. The molecule has 0 atom stereocenters. The molecule has 0 fully saturated rings. The van der Waals surface area contributed by atoms with Crippen LogP contribution in [-0.2, 0) is 22.7 Å². The van der Waals surface area contributed by atoms with Gasteiger partial charge in [-0.05, 0) is 29.8 Å². The summed E-state index contributed by atoms with van der Waals surface area (Å²) in [6, 6.07) is 7.55. The van der Waals surface area contributed by atoms with Gasteiger partial charge in [0.1, 0.15) is 17.3 Å². The molecule has 2 aromatic rings. The zero-order valence-electron chi connectivity index (χ0n) is 13.0. The number of halogens is 3. The number of nitrogens with zero attached hydrogens (tertiary/aromatic N) is 1. The first-order valence-corrected chi connectivity index (χ1v) is 9.09. The molecule has 0 bridgehead atoms. The number of fused-ring (bicyclic) bond motifs is 1. The Labute approximate surface area is 142 Å². The summed E-state index contributed by atoms with van der Waals surface area (Å²) < 4.78 is 70.4. The van der Waals surface area contributed by atoms with Crippen molar-refractivity contribution in [2.45, 2.75) is 23.7 Å². The summed E-state index contributed by atoms with van der Waals surface area (Å²) in [4.78, 5) is -0.163. The molecule has 3 rings (SSSR count). The van der Waals surface area contributed by atoms with Gasteiger partial charge in [0.25, 0.3) is 5.92 Å². The standard InChI is InChI=1S/C17H12F3NO3S/c1-25(22,23)16-3-2-15(13-7-17(19,20)8-14(13)16)24-12-5-10(9-21)4-11(18)6-12/h2-6H,7-8H2,1H3. The molecule has 0 N–H and O–H groups in total. The number of rotatable bonds is 3. The molecule has 0 aliphatic heterocycles. The lowest BCUT2D eigenvalue weighted by Crippen LogP contribution is -2.15. The van der Waals surface area contributed by atoms with Gasteiger partial charge >= 0.3 is 0 Å². The molecule has 1 aliphatic rings. The largest absolute Gasteiger partial charge is 0.457 e. The first-order valence-electron chi connectivity index (χ1n) is 7.20. The summed E-state index contributed by atoms with van der Waals surface area (Å²) in [5.74, 6) is -3.79. The van der Waals surface area contributed by atoms with E-state index in [-0.39, 0.29) is 33.1 Å². The predicted molar refractivity (Wildman–Crippen MR) is 83.1 cm³/mol. The lowest BCUT2D eigenvalue weighted by molar-refractivity contribution is 0.0125. The first kappa shape index (κ1) is 17.3. The monoisotopic (exact) mass is 367 g/mol. The Morgan fingerprint density at radius 1 is 1.16 bits per heavy atom. The second kappa shape index (κ2) is 5.77. The third-order valence-electron chi connectivity index (χ3n) is 3.84. The third-order valence-corrected chi connectivity index (χ3v) is 5.03. The minimum Gasteiger partial charge on any atom is -0.457 e. The van der Waals surface area contributed by atoms with Gasteiger partial charge < -0.3 is 4.74 Å². The van der Waals surface area contributed by atoms with E-state index >= 15 is 0 Å². The number of benzene rings is 2. The number of ether oxygens (including phenoxy) is 1. The van der Waals surface area contributed by atoms with Gasteiger partial charge in [-0.3, -0.25) is 0 Å². The second-order valence-corrected chi connectivity index (χ2v) is 7.87. The van der Waals surface area contributed by atoms with Crippen molar-refractivity contribution in [2.24, 2.45) is 0 Å². The Balaban J connectivity index is 2.10. The fourth-order valence-corrected chi connectivity index (χ4v) is 3.83. The Kier molecular flexibility index (Phi) is 4.00. The molecule has 25 heavy (non-hydrogen) atoms. The van der Waals surface area contributed by atoms with Crippen LogP contribution in [0.4, 0.5) is 13.2 Å². The van der Waals surface area contributed by atoms with E-state index in [1.807, 2.05) is 0 Å². The van der Waals surface area contributed by atoms with Gasteiger partial charge in [-0.15, -0.1) is 0 Å².